The van der Waals surface area contributed by atoms with Crippen LogP contribution in [0.25, 0.3) is 0 Å². The second kappa shape index (κ2) is 6.13. The summed E-state index contributed by atoms with van der Waals surface area (Å²) in [7, 11) is 1.59. The van der Waals surface area contributed by atoms with Crippen molar-refractivity contribution in [2.75, 3.05) is 7.11 Å². The van der Waals surface area contributed by atoms with E-state index >= 15 is 0 Å². The molecule has 0 bridgehead atoms. The normalized spacial score (nSPS) is 22.0. The topological polar surface area (TPSA) is 52.5 Å². The molecule has 1 fully saturated rings. The van der Waals surface area contributed by atoms with Gasteiger partial charge in [0.15, 0.2) is 0 Å². The summed E-state index contributed by atoms with van der Waals surface area (Å²) in [6.45, 7) is 0.450. The van der Waals surface area contributed by atoms with E-state index in [-0.39, 0.29) is 11.9 Å². The molecule has 128 valence electrons. The molecular weight excluding hydrogens is 345 g/mol. The van der Waals surface area contributed by atoms with Crippen molar-refractivity contribution in [3.05, 3.63) is 77.1 Å². The number of halogens is 2. The zero-order chi connectivity index (χ0) is 17.4. The Labute approximate surface area is 149 Å². The van der Waals surface area contributed by atoms with Crippen molar-refractivity contribution in [3.8, 4) is 5.75 Å². The summed E-state index contributed by atoms with van der Waals surface area (Å²) < 4.78 is 26.3. The Kier molecular flexibility index (Phi) is 3.94. The molecule has 1 aliphatic rings. The summed E-state index contributed by atoms with van der Waals surface area (Å²) >= 11 is 6.41. The summed E-state index contributed by atoms with van der Waals surface area (Å²) in [4.78, 5) is 3.97. The number of nitrogens with zero attached hydrogens (tertiary/aromatic N) is 3. The molecule has 4 rings (SSSR count). The molecule has 0 spiro atoms. The number of benzene rings is 2. The monoisotopic (exact) mass is 359 g/mol. The summed E-state index contributed by atoms with van der Waals surface area (Å²) in [6.07, 6.45) is 2.83. The standard InChI is InChI=1S/C18H15ClFN3O2/c1-24-14-6-7-15(16(19)8-14)17-18(25-17,9-23-11-21-10-22-23)12-2-4-13(20)5-3-12/h2-8,10-11,17H,9H2,1H3/t17-,18-/m1/s1. The van der Waals surface area contributed by atoms with Crippen LogP contribution >= 0.6 is 11.6 Å². The van der Waals surface area contributed by atoms with Crippen LogP contribution in [-0.4, -0.2) is 21.9 Å². The van der Waals surface area contributed by atoms with E-state index in [0.717, 1.165) is 11.1 Å². The molecule has 7 heteroatoms. The van der Waals surface area contributed by atoms with Gasteiger partial charge in [0.05, 0.1) is 18.7 Å². The van der Waals surface area contributed by atoms with Gasteiger partial charge >= 0.3 is 0 Å². The van der Waals surface area contributed by atoms with E-state index in [1.54, 1.807) is 36.3 Å². The van der Waals surface area contributed by atoms with Gasteiger partial charge in [-0.25, -0.2) is 14.1 Å². The lowest BCUT2D eigenvalue weighted by atomic mass is 9.91. The summed E-state index contributed by atoms with van der Waals surface area (Å²) in [5.74, 6) is 0.386. The third-order valence-electron chi connectivity index (χ3n) is 4.38. The first-order chi connectivity index (χ1) is 12.1. The molecule has 0 amide bonds. The van der Waals surface area contributed by atoms with Crippen LogP contribution in [0, 0.1) is 5.82 Å². The first kappa shape index (κ1) is 16.1. The number of hydrogen-bond acceptors (Lipinski definition) is 4. The van der Waals surface area contributed by atoms with Crippen LogP contribution in [-0.2, 0) is 16.9 Å². The predicted octanol–water partition coefficient (Wildman–Crippen LogP) is 3.75. The van der Waals surface area contributed by atoms with Gasteiger partial charge in [-0.3, -0.25) is 0 Å². The minimum atomic E-state index is -0.667. The number of methoxy groups -OCH3 is 1. The summed E-state index contributed by atoms with van der Waals surface area (Å²) in [6, 6.07) is 11.8. The highest BCUT2D eigenvalue weighted by atomic mass is 35.5. The molecule has 1 aliphatic heterocycles. The van der Waals surface area contributed by atoms with Gasteiger partial charge in [-0.2, -0.15) is 5.10 Å². The van der Waals surface area contributed by atoms with E-state index in [4.69, 9.17) is 21.1 Å². The van der Waals surface area contributed by atoms with Crippen LogP contribution in [0.5, 0.6) is 5.75 Å². The Morgan fingerprint density at radius 3 is 2.72 bits per heavy atom. The van der Waals surface area contributed by atoms with E-state index < -0.39 is 5.60 Å². The summed E-state index contributed by atoms with van der Waals surface area (Å²) in [5.41, 5.74) is 1.05. The number of epoxide rings is 1. The molecular formula is C18H15ClFN3O2. The fourth-order valence-electron chi connectivity index (χ4n) is 3.06. The van der Waals surface area contributed by atoms with Gasteiger partial charge < -0.3 is 9.47 Å². The van der Waals surface area contributed by atoms with Crippen molar-refractivity contribution in [3.63, 3.8) is 0 Å². The zero-order valence-corrected chi connectivity index (χ0v) is 14.2. The van der Waals surface area contributed by atoms with Crippen LogP contribution in [0.2, 0.25) is 5.02 Å². The maximum absolute atomic E-state index is 13.3. The highest BCUT2D eigenvalue weighted by molar-refractivity contribution is 6.31. The van der Waals surface area contributed by atoms with Crippen LogP contribution in [0.4, 0.5) is 4.39 Å². The number of hydrogen-bond donors (Lipinski definition) is 0. The second-order valence-electron chi connectivity index (χ2n) is 5.87. The lowest BCUT2D eigenvalue weighted by Crippen LogP contribution is -2.19. The Bertz CT molecular complexity index is 886. The summed E-state index contributed by atoms with van der Waals surface area (Å²) in [5, 5.41) is 4.72. The van der Waals surface area contributed by atoms with Crippen LogP contribution < -0.4 is 4.74 Å². The molecule has 2 aromatic carbocycles. The van der Waals surface area contributed by atoms with Gasteiger partial charge in [0.2, 0.25) is 0 Å². The molecule has 1 aromatic heterocycles. The first-order valence-electron chi connectivity index (χ1n) is 7.72. The van der Waals surface area contributed by atoms with Gasteiger partial charge in [0, 0.05) is 5.56 Å². The second-order valence-corrected chi connectivity index (χ2v) is 6.28. The molecule has 0 N–H and O–H groups in total. The largest absolute Gasteiger partial charge is 0.497 e. The van der Waals surface area contributed by atoms with Crippen molar-refractivity contribution in [2.24, 2.45) is 0 Å². The van der Waals surface area contributed by atoms with Gasteiger partial charge in [-0.1, -0.05) is 29.8 Å². The average molecular weight is 360 g/mol. The van der Waals surface area contributed by atoms with Crippen molar-refractivity contribution in [2.45, 2.75) is 18.2 Å². The maximum atomic E-state index is 13.3. The van der Waals surface area contributed by atoms with E-state index in [2.05, 4.69) is 10.1 Å². The number of rotatable bonds is 5. The molecule has 5 nitrogen and oxygen atoms in total. The van der Waals surface area contributed by atoms with Gasteiger partial charge in [-0.15, -0.1) is 0 Å². The molecule has 25 heavy (non-hydrogen) atoms. The van der Waals surface area contributed by atoms with Gasteiger partial charge in [-0.05, 0) is 29.8 Å². The lowest BCUT2D eigenvalue weighted by molar-refractivity contribution is 0.262. The molecule has 2 atom stereocenters. The predicted molar refractivity (Wildman–Crippen MR) is 89.9 cm³/mol. The third kappa shape index (κ3) is 2.88. The lowest BCUT2D eigenvalue weighted by Gasteiger charge is -2.14. The smallest absolute Gasteiger partial charge is 0.144 e. The SMILES string of the molecule is COc1ccc([C@H]2O[C@]2(Cn2cncn2)c2ccc(F)cc2)c(Cl)c1. The Morgan fingerprint density at radius 2 is 2.08 bits per heavy atom. The van der Waals surface area contributed by atoms with E-state index in [9.17, 15) is 4.39 Å². The fourth-order valence-corrected chi connectivity index (χ4v) is 3.33. The minimum absolute atomic E-state index is 0.263. The molecule has 0 aliphatic carbocycles. The Morgan fingerprint density at radius 1 is 1.28 bits per heavy atom. The van der Waals surface area contributed by atoms with E-state index in [1.165, 1.54) is 18.5 Å². The van der Waals surface area contributed by atoms with Crippen LogP contribution in [0.3, 0.4) is 0 Å². The quantitative estimate of drug-likeness (QED) is 0.651. The van der Waals surface area contributed by atoms with Crippen molar-refractivity contribution in [1.29, 1.82) is 0 Å². The van der Waals surface area contributed by atoms with E-state index in [1.807, 2.05) is 12.1 Å². The van der Waals surface area contributed by atoms with Gasteiger partial charge in [0.25, 0.3) is 0 Å². The molecule has 0 unspecified atom stereocenters. The Hall–Kier alpha value is -2.44. The van der Waals surface area contributed by atoms with Crippen molar-refractivity contribution < 1.29 is 13.9 Å². The first-order valence-corrected chi connectivity index (χ1v) is 8.10. The molecule has 0 radical (unpaired) electrons. The molecule has 3 aromatic rings. The highest BCUT2D eigenvalue weighted by Crippen LogP contribution is 2.59. The average Bonchev–Trinajstić information content (AvgIpc) is 3.08. The number of aromatic nitrogens is 3. The van der Waals surface area contributed by atoms with Crippen molar-refractivity contribution >= 4 is 11.6 Å². The third-order valence-corrected chi connectivity index (χ3v) is 4.71. The molecule has 1 saturated heterocycles. The molecule has 2 heterocycles. The van der Waals surface area contributed by atoms with Gasteiger partial charge in [0.1, 0.15) is 35.9 Å². The van der Waals surface area contributed by atoms with E-state index in [0.29, 0.717) is 17.3 Å². The number of ether oxygens (including phenoxy) is 2. The maximum Gasteiger partial charge on any atom is 0.144 e. The molecule has 0 saturated carbocycles. The Balaban J connectivity index is 1.72. The highest BCUT2D eigenvalue weighted by Gasteiger charge is 2.59. The van der Waals surface area contributed by atoms with Crippen LogP contribution in [0.15, 0.2) is 55.1 Å². The zero-order valence-electron chi connectivity index (χ0n) is 13.4. The minimum Gasteiger partial charge on any atom is -0.497 e. The van der Waals surface area contributed by atoms with Crippen LogP contribution in [0.1, 0.15) is 17.2 Å². The fraction of sp³-hybridized carbons (Fsp3) is 0.222. The van der Waals surface area contributed by atoms with Crippen molar-refractivity contribution in [1.82, 2.24) is 14.8 Å².